The van der Waals surface area contributed by atoms with E-state index in [1.807, 2.05) is 21.9 Å². The Bertz CT molecular complexity index is 416. The Balaban J connectivity index is 0.00000162. The van der Waals surface area contributed by atoms with Crippen LogP contribution < -0.4 is 10.6 Å². The highest BCUT2D eigenvalue weighted by atomic mass is 127. The van der Waals surface area contributed by atoms with Crippen LogP contribution in [0.1, 0.15) is 0 Å². The van der Waals surface area contributed by atoms with Crippen molar-refractivity contribution in [2.45, 2.75) is 0 Å². The van der Waals surface area contributed by atoms with Gasteiger partial charge in [-0.1, -0.05) is 12.1 Å². The third-order valence-electron chi connectivity index (χ3n) is 3.03. The van der Waals surface area contributed by atoms with Gasteiger partial charge in [-0.3, -0.25) is 4.99 Å². The molecule has 4 nitrogen and oxygen atoms in total. The van der Waals surface area contributed by atoms with Gasteiger partial charge in [0.15, 0.2) is 5.96 Å². The van der Waals surface area contributed by atoms with Crippen LogP contribution in [0.25, 0.3) is 0 Å². The predicted octanol–water partition coefficient (Wildman–Crippen LogP) is 1.51. The van der Waals surface area contributed by atoms with Gasteiger partial charge in [-0.2, -0.15) is 0 Å². The van der Waals surface area contributed by atoms with Crippen molar-refractivity contribution in [2.24, 2.45) is 10.7 Å². The third kappa shape index (κ3) is 3.24. The number of para-hydroxylation sites is 1. The van der Waals surface area contributed by atoms with Gasteiger partial charge in [-0.15, -0.1) is 24.0 Å². The molecule has 2 rings (SSSR count). The first-order valence-corrected chi connectivity index (χ1v) is 5.69. The highest BCUT2D eigenvalue weighted by Gasteiger charge is 2.19. The predicted molar refractivity (Wildman–Crippen MR) is 83.1 cm³/mol. The van der Waals surface area contributed by atoms with Crippen molar-refractivity contribution in [1.29, 1.82) is 0 Å². The van der Waals surface area contributed by atoms with Gasteiger partial charge in [0.2, 0.25) is 0 Å². The maximum absolute atomic E-state index is 13.6. The molecule has 0 saturated carbocycles. The molecule has 0 aromatic heterocycles. The second kappa shape index (κ2) is 6.77. The summed E-state index contributed by atoms with van der Waals surface area (Å²) in [5, 5.41) is 0. The van der Waals surface area contributed by atoms with Crippen molar-refractivity contribution in [2.75, 3.05) is 38.1 Å². The van der Waals surface area contributed by atoms with E-state index in [2.05, 4.69) is 4.99 Å². The number of rotatable bonds is 1. The average molecular weight is 364 g/mol. The number of anilines is 1. The number of hydrogen-bond acceptors (Lipinski definition) is 2. The first-order chi connectivity index (χ1) is 8.22. The van der Waals surface area contributed by atoms with Gasteiger partial charge in [-0.25, -0.2) is 4.39 Å². The minimum Gasteiger partial charge on any atom is -0.370 e. The maximum Gasteiger partial charge on any atom is 0.191 e. The standard InChI is InChI=1S/C12H17FN4.HI/c1-15-12(14)17-8-6-16(7-9-17)11-5-3-2-4-10(11)13;/h2-5H,6-9H2,1H3,(H2,14,15);1H. The zero-order chi connectivity index (χ0) is 12.3. The van der Waals surface area contributed by atoms with E-state index in [-0.39, 0.29) is 29.8 Å². The van der Waals surface area contributed by atoms with Crippen LogP contribution in [0.5, 0.6) is 0 Å². The van der Waals surface area contributed by atoms with E-state index in [0.29, 0.717) is 11.6 Å². The molecule has 0 aliphatic carbocycles. The van der Waals surface area contributed by atoms with Gasteiger partial charge in [0.25, 0.3) is 0 Å². The first kappa shape index (κ1) is 15.0. The molecule has 2 N–H and O–H groups in total. The summed E-state index contributed by atoms with van der Waals surface area (Å²) in [6, 6.07) is 6.86. The fourth-order valence-electron chi connectivity index (χ4n) is 2.03. The number of nitrogens with zero attached hydrogens (tertiary/aromatic N) is 3. The quantitative estimate of drug-likeness (QED) is 0.467. The summed E-state index contributed by atoms with van der Waals surface area (Å²) in [5.74, 6) is 0.385. The zero-order valence-corrected chi connectivity index (χ0v) is 12.7. The molecular formula is C12H18FIN4. The van der Waals surface area contributed by atoms with Crippen molar-refractivity contribution in [1.82, 2.24) is 4.90 Å². The highest BCUT2D eigenvalue weighted by molar-refractivity contribution is 14.0. The van der Waals surface area contributed by atoms with Crippen LogP contribution in [0.4, 0.5) is 10.1 Å². The van der Waals surface area contributed by atoms with Crippen molar-refractivity contribution < 1.29 is 4.39 Å². The molecule has 100 valence electrons. The molecule has 18 heavy (non-hydrogen) atoms. The molecule has 1 heterocycles. The van der Waals surface area contributed by atoms with Crippen LogP contribution in [0.3, 0.4) is 0 Å². The van der Waals surface area contributed by atoms with Crippen molar-refractivity contribution in [3.8, 4) is 0 Å². The monoisotopic (exact) mass is 364 g/mol. The van der Waals surface area contributed by atoms with Crippen molar-refractivity contribution in [3.63, 3.8) is 0 Å². The van der Waals surface area contributed by atoms with Gasteiger partial charge in [0.05, 0.1) is 5.69 Å². The lowest BCUT2D eigenvalue weighted by atomic mass is 10.2. The Labute approximate surface area is 124 Å². The number of benzene rings is 1. The summed E-state index contributed by atoms with van der Waals surface area (Å²) in [6.45, 7) is 3.07. The molecule has 1 aromatic carbocycles. The third-order valence-corrected chi connectivity index (χ3v) is 3.03. The molecule has 0 atom stereocenters. The summed E-state index contributed by atoms with van der Waals surface area (Å²) in [4.78, 5) is 8.00. The fraction of sp³-hybridized carbons (Fsp3) is 0.417. The molecule has 0 radical (unpaired) electrons. The number of aliphatic imine (C=N–C) groups is 1. The Morgan fingerprint density at radius 1 is 1.22 bits per heavy atom. The molecule has 1 aromatic rings. The number of piperazine rings is 1. The number of guanidine groups is 1. The number of halogens is 2. The van der Waals surface area contributed by atoms with E-state index in [1.165, 1.54) is 6.07 Å². The number of nitrogens with two attached hydrogens (primary N) is 1. The van der Waals surface area contributed by atoms with E-state index >= 15 is 0 Å². The minimum atomic E-state index is -0.168. The minimum absolute atomic E-state index is 0. The molecule has 0 amide bonds. The Morgan fingerprint density at radius 2 is 1.83 bits per heavy atom. The molecule has 0 unspecified atom stereocenters. The van der Waals surface area contributed by atoms with Gasteiger partial charge in [0.1, 0.15) is 5.82 Å². The lowest BCUT2D eigenvalue weighted by molar-refractivity contribution is 0.379. The van der Waals surface area contributed by atoms with Crippen LogP contribution in [0, 0.1) is 5.82 Å². The lowest BCUT2D eigenvalue weighted by Gasteiger charge is -2.36. The molecular weight excluding hydrogens is 346 g/mol. The second-order valence-corrected chi connectivity index (χ2v) is 4.01. The topological polar surface area (TPSA) is 44.9 Å². The lowest BCUT2D eigenvalue weighted by Crippen LogP contribution is -2.51. The number of hydrogen-bond donors (Lipinski definition) is 1. The smallest absolute Gasteiger partial charge is 0.191 e. The Kier molecular flexibility index (Phi) is 5.64. The normalized spacial score (nSPS) is 16.4. The van der Waals surface area contributed by atoms with E-state index in [4.69, 9.17) is 5.73 Å². The average Bonchev–Trinajstić information content (AvgIpc) is 2.39. The first-order valence-electron chi connectivity index (χ1n) is 5.69. The summed E-state index contributed by atoms with van der Waals surface area (Å²) in [6.07, 6.45) is 0. The molecule has 1 aliphatic heterocycles. The van der Waals surface area contributed by atoms with E-state index in [9.17, 15) is 4.39 Å². The van der Waals surface area contributed by atoms with Crippen LogP contribution >= 0.6 is 24.0 Å². The van der Waals surface area contributed by atoms with E-state index < -0.39 is 0 Å². The zero-order valence-electron chi connectivity index (χ0n) is 10.3. The van der Waals surface area contributed by atoms with E-state index in [0.717, 1.165) is 26.2 Å². The summed E-state index contributed by atoms with van der Waals surface area (Å²) in [7, 11) is 1.68. The van der Waals surface area contributed by atoms with Crippen molar-refractivity contribution >= 4 is 35.6 Å². The SMILES string of the molecule is CN=C(N)N1CCN(c2ccccc2F)CC1.I. The molecule has 1 saturated heterocycles. The summed E-state index contributed by atoms with van der Waals surface area (Å²) >= 11 is 0. The molecule has 0 spiro atoms. The van der Waals surface area contributed by atoms with Gasteiger partial charge >= 0.3 is 0 Å². The molecule has 1 fully saturated rings. The van der Waals surface area contributed by atoms with Crippen LogP contribution in [0.2, 0.25) is 0 Å². The van der Waals surface area contributed by atoms with Crippen molar-refractivity contribution in [3.05, 3.63) is 30.1 Å². The van der Waals surface area contributed by atoms with Crippen LogP contribution in [0.15, 0.2) is 29.3 Å². The van der Waals surface area contributed by atoms with Gasteiger partial charge in [-0.05, 0) is 12.1 Å². The Hall–Kier alpha value is -1.05. The largest absolute Gasteiger partial charge is 0.370 e. The maximum atomic E-state index is 13.6. The van der Waals surface area contributed by atoms with Crippen LogP contribution in [-0.4, -0.2) is 44.1 Å². The Morgan fingerprint density at radius 3 is 2.39 bits per heavy atom. The van der Waals surface area contributed by atoms with Gasteiger partial charge < -0.3 is 15.5 Å². The highest BCUT2D eigenvalue weighted by Crippen LogP contribution is 2.19. The fourth-order valence-corrected chi connectivity index (χ4v) is 2.03. The van der Waals surface area contributed by atoms with Gasteiger partial charge in [0, 0.05) is 33.2 Å². The molecule has 6 heteroatoms. The van der Waals surface area contributed by atoms with E-state index in [1.54, 1.807) is 13.1 Å². The second-order valence-electron chi connectivity index (χ2n) is 4.01. The molecule has 1 aliphatic rings. The van der Waals surface area contributed by atoms with Crippen LogP contribution in [-0.2, 0) is 0 Å². The molecule has 0 bridgehead atoms. The summed E-state index contributed by atoms with van der Waals surface area (Å²) in [5.41, 5.74) is 6.41. The summed E-state index contributed by atoms with van der Waals surface area (Å²) < 4.78 is 13.6.